The quantitative estimate of drug-likeness (QED) is 0.0943. The second-order valence-corrected chi connectivity index (χ2v) is 26.7. The lowest BCUT2D eigenvalue weighted by Crippen LogP contribution is -2.23. The maximum absolute atomic E-state index is 15.0. The number of hydrogen-bond donors (Lipinski definition) is 0. The molecule has 0 spiro atoms. The van der Waals surface area contributed by atoms with E-state index in [0.29, 0.717) is 53.1 Å². The molecule has 0 N–H and O–H groups in total. The minimum absolute atomic E-state index is 0.332. The van der Waals surface area contributed by atoms with Gasteiger partial charge in [0.1, 0.15) is 0 Å². The SMILES string of the molecule is CC(C)c1cccc(C(C)C)c1-c1cc(-c2cccc(-c3cc(-c4c(C(C)C)cccc4C(C)C)cc(-c4c(C(C)C)cccc4C(C)C)c3)c2CS(=O)C(C)(C)C)cc(-c2c(C(C)C)cccc2C(C)C)c1. The Hall–Kier alpha value is -5.31. The highest BCUT2D eigenvalue weighted by Crippen LogP contribution is 2.48. The number of hydrogen-bond acceptors (Lipinski definition) is 1. The van der Waals surface area contributed by atoms with Crippen LogP contribution in [0.15, 0.2) is 127 Å². The molecule has 0 aliphatic rings. The van der Waals surface area contributed by atoms with Gasteiger partial charge in [0.25, 0.3) is 0 Å². The van der Waals surface area contributed by atoms with E-state index < -0.39 is 15.5 Å². The maximum atomic E-state index is 15.0. The summed E-state index contributed by atoms with van der Waals surface area (Å²) >= 11 is 0. The topological polar surface area (TPSA) is 17.1 Å². The van der Waals surface area contributed by atoms with Gasteiger partial charge < -0.3 is 0 Å². The Morgan fingerprint density at radius 2 is 0.507 bits per heavy atom. The van der Waals surface area contributed by atoms with Crippen LogP contribution in [0, 0.1) is 0 Å². The van der Waals surface area contributed by atoms with Gasteiger partial charge in [-0.2, -0.15) is 0 Å². The third-order valence-corrected chi connectivity index (χ3v) is 17.2. The molecule has 0 radical (unpaired) electrons. The van der Waals surface area contributed by atoms with Crippen molar-refractivity contribution in [3.63, 3.8) is 0 Å². The van der Waals surface area contributed by atoms with E-state index in [1.807, 2.05) is 0 Å². The second-order valence-electron chi connectivity index (χ2n) is 24.5. The molecule has 384 valence electrons. The molecule has 0 aromatic heterocycles. The molecular formula is C71H88OS. The summed E-state index contributed by atoms with van der Waals surface area (Å²) in [5.74, 6) is 3.08. The summed E-state index contributed by atoms with van der Waals surface area (Å²) in [6.45, 7) is 43.7. The first-order valence-corrected chi connectivity index (χ1v) is 29.1. The Balaban J connectivity index is 1.68. The van der Waals surface area contributed by atoms with Crippen LogP contribution >= 0.6 is 0 Å². The molecule has 7 aromatic carbocycles. The van der Waals surface area contributed by atoms with E-state index in [2.05, 4.69) is 259 Å². The van der Waals surface area contributed by atoms with E-state index in [4.69, 9.17) is 0 Å². The van der Waals surface area contributed by atoms with Gasteiger partial charge in [-0.25, -0.2) is 0 Å². The highest BCUT2D eigenvalue weighted by atomic mass is 32.2. The van der Waals surface area contributed by atoms with Crippen LogP contribution in [0.5, 0.6) is 0 Å². The monoisotopic (exact) mass is 989 g/mol. The maximum Gasteiger partial charge on any atom is 0.0503 e. The van der Waals surface area contributed by atoms with Gasteiger partial charge in [-0.15, -0.1) is 0 Å². The van der Waals surface area contributed by atoms with Gasteiger partial charge >= 0.3 is 0 Å². The zero-order valence-corrected chi connectivity index (χ0v) is 49.1. The van der Waals surface area contributed by atoms with Crippen LogP contribution < -0.4 is 0 Å². The van der Waals surface area contributed by atoms with E-state index in [1.54, 1.807) is 0 Å². The lowest BCUT2D eigenvalue weighted by molar-refractivity contribution is 0.648. The minimum Gasteiger partial charge on any atom is -0.259 e. The van der Waals surface area contributed by atoms with Crippen molar-refractivity contribution >= 4 is 10.8 Å². The lowest BCUT2D eigenvalue weighted by atomic mass is 9.79. The van der Waals surface area contributed by atoms with Gasteiger partial charge in [0.05, 0.1) is 5.75 Å². The van der Waals surface area contributed by atoms with Gasteiger partial charge in [0.2, 0.25) is 0 Å². The summed E-state index contributed by atoms with van der Waals surface area (Å²) in [4.78, 5) is 0. The largest absolute Gasteiger partial charge is 0.259 e. The average molecular weight is 990 g/mol. The Morgan fingerprint density at radius 3 is 0.699 bits per heavy atom. The Labute approximate surface area is 446 Å². The van der Waals surface area contributed by atoms with Crippen LogP contribution in [0.25, 0.3) is 66.8 Å². The number of rotatable bonds is 16. The van der Waals surface area contributed by atoms with E-state index in [1.165, 1.54) is 89.0 Å². The predicted molar refractivity (Wildman–Crippen MR) is 323 cm³/mol. The highest BCUT2D eigenvalue weighted by Gasteiger charge is 2.28. The van der Waals surface area contributed by atoms with Gasteiger partial charge in [-0.05, 0) is 221 Å². The zero-order chi connectivity index (χ0) is 53.4. The molecule has 0 amide bonds. The smallest absolute Gasteiger partial charge is 0.0503 e. The summed E-state index contributed by atoms with van der Waals surface area (Å²) in [6.07, 6.45) is 0. The fourth-order valence-corrected chi connectivity index (χ4v) is 12.3. The van der Waals surface area contributed by atoms with Crippen molar-refractivity contribution < 1.29 is 4.21 Å². The van der Waals surface area contributed by atoms with E-state index in [0.717, 1.165) is 27.8 Å². The fourth-order valence-electron chi connectivity index (χ4n) is 11.3. The molecule has 0 aliphatic heterocycles. The summed E-state index contributed by atoms with van der Waals surface area (Å²) in [5, 5.41) is 0. The predicted octanol–water partition coefficient (Wildman–Crippen LogP) is 21.7. The van der Waals surface area contributed by atoms with Crippen molar-refractivity contribution in [2.24, 2.45) is 0 Å². The molecule has 0 heterocycles. The molecule has 0 fully saturated rings. The highest BCUT2D eigenvalue weighted by molar-refractivity contribution is 7.85. The first-order valence-electron chi connectivity index (χ1n) is 27.7. The number of benzene rings is 7. The standard InChI is InChI=1S/C71H88OS/c1-42(2)56-25-20-26-57(43(3)4)67(56)52-35-50(36-53(39-52)68-58(44(5)6)27-21-28-59(68)45(7)8)64-33-24-34-65(66(64)41-73(72)71(17,18)19)51-37-54(69-60(46(9)10)29-22-30-61(69)47(11)12)40-55(38-51)70-62(48(13)14)31-23-32-63(70)49(15)16/h20-40,42-49H,41H2,1-19H3. The first-order chi connectivity index (χ1) is 34.4. The summed E-state index contributed by atoms with van der Waals surface area (Å²) in [5.41, 5.74) is 27.0. The zero-order valence-electron chi connectivity index (χ0n) is 48.3. The average Bonchev–Trinajstić information content (AvgIpc) is 3.34. The molecule has 0 bridgehead atoms. The van der Waals surface area contributed by atoms with E-state index in [9.17, 15) is 0 Å². The molecule has 0 aliphatic carbocycles. The third-order valence-electron chi connectivity index (χ3n) is 15.3. The van der Waals surface area contributed by atoms with Crippen molar-refractivity contribution in [2.45, 2.75) is 189 Å². The van der Waals surface area contributed by atoms with Crippen molar-refractivity contribution in [2.75, 3.05) is 0 Å². The molecule has 0 saturated heterocycles. The van der Waals surface area contributed by atoms with Crippen LogP contribution in [0.2, 0.25) is 0 Å². The Kier molecular flexibility index (Phi) is 17.2. The molecule has 2 heteroatoms. The Morgan fingerprint density at radius 1 is 0.315 bits per heavy atom. The minimum atomic E-state index is -1.20. The molecule has 7 aromatic rings. The normalized spacial score (nSPS) is 12.8. The molecule has 0 saturated carbocycles. The van der Waals surface area contributed by atoms with Crippen LogP contribution in [0.3, 0.4) is 0 Å². The van der Waals surface area contributed by atoms with E-state index >= 15 is 4.21 Å². The fraction of sp³-hybridized carbons (Fsp3) is 0.408. The summed E-state index contributed by atoms with van der Waals surface area (Å²) in [7, 11) is -1.20. The lowest BCUT2D eigenvalue weighted by Gasteiger charge is -2.26. The van der Waals surface area contributed by atoms with E-state index in [-0.39, 0.29) is 0 Å². The van der Waals surface area contributed by atoms with Crippen LogP contribution in [-0.2, 0) is 16.6 Å². The molecule has 7 rings (SSSR count). The molecule has 1 atom stereocenters. The molecule has 1 unspecified atom stereocenters. The summed E-state index contributed by atoms with van der Waals surface area (Å²) in [6, 6.07) is 49.5. The second kappa shape index (κ2) is 22.7. The Bertz CT molecular complexity index is 2640. The van der Waals surface area contributed by atoms with Gasteiger partial charge in [0, 0.05) is 15.5 Å². The summed E-state index contributed by atoms with van der Waals surface area (Å²) < 4.78 is 14.6. The first kappa shape index (κ1) is 55.4. The third kappa shape index (κ3) is 11.7. The van der Waals surface area contributed by atoms with Crippen molar-refractivity contribution in [1.29, 1.82) is 0 Å². The molecule has 73 heavy (non-hydrogen) atoms. The van der Waals surface area contributed by atoms with Gasteiger partial charge in [-0.3, -0.25) is 4.21 Å². The van der Waals surface area contributed by atoms with Crippen molar-refractivity contribution in [1.82, 2.24) is 0 Å². The van der Waals surface area contributed by atoms with Crippen molar-refractivity contribution in [3.8, 4) is 66.8 Å². The van der Waals surface area contributed by atoms with Crippen molar-refractivity contribution in [3.05, 3.63) is 177 Å². The van der Waals surface area contributed by atoms with Gasteiger partial charge in [0.15, 0.2) is 0 Å². The molecule has 1 nitrogen and oxygen atoms in total. The van der Waals surface area contributed by atoms with Crippen LogP contribution in [-0.4, -0.2) is 8.96 Å². The molecular weight excluding hydrogens is 901 g/mol. The van der Waals surface area contributed by atoms with Gasteiger partial charge in [-0.1, -0.05) is 202 Å². The van der Waals surface area contributed by atoms with Crippen LogP contribution in [0.4, 0.5) is 0 Å². The van der Waals surface area contributed by atoms with Crippen LogP contribution in [0.1, 0.15) is 229 Å².